The highest BCUT2D eigenvalue weighted by Crippen LogP contribution is 2.24. The SMILES string of the molecule is CN=C(NCCC(=O)OC)NCC(c1ccco1)N1CCCC1. The third-order valence-electron chi connectivity index (χ3n) is 3.99. The molecule has 128 valence electrons. The van der Waals surface area contributed by atoms with E-state index in [0.717, 1.165) is 18.8 Å². The first kappa shape index (κ1) is 17.3. The van der Waals surface area contributed by atoms with E-state index in [-0.39, 0.29) is 12.0 Å². The Morgan fingerprint density at radius 3 is 2.83 bits per heavy atom. The summed E-state index contributed by atoms with van der Waals surface area (Å²) < 4.78 is 10.2. The number of carbonyl (C=O) groups is 1. The number of furan rings is 1. The minimum Gasteiger partial charge on any atom is -0.469 e. The number of nitrogens with one attached hydrogen (secondary N) is 2. The fraction of sp³-hybridized carbons (Fsp3) is 0.625. The lowest BCUT2D eigenvalue weighted by Crippen LogP contribution is -2.43. The first-order chi connectivity index (χ1) is 11.2. The molecule has 23 heavy (non-hydrogen) atoms. The van der Waals surface area contributed by atoms with E-state index in [1.54, 1.807) is 13.3 Å². The maximum absolute atomic E-state index is 11.1. The zero-order valence-electron chi connectivity index (χ0n) is 13.9. The monoisotopic (exact) mass is 322 g/mol. The van der Waals surface area contributed by atoms with Gasteiger partial charge in [-0.05, 0) is 38.1 Å². The fourth-order valence-electron chi connectivity index (χ4n) is 2.74. The molecule has 0 bridgehead atoms. The van der Waals surface area contributed by atoms with E-state index in [1.807, 2.05) is 12.1 Å². The predicted molar refractivity (Wildman–Crippen MR) is 88.3 cm³/mol. The van der Waals surface area contributed by atoms with Gasteiger partial charge in [0.25, 0.3) is 0 Å². The largest absolute Gasteiger partial charge is 0.469 e. The van der Waals surface area contributed by atoms with Gasteiger partial charge in [-0.1, -0.05) is 0 Å². The lowest BCUT2D eigenvalue weighted by Gasteiger charge is -2.26. The van der Waals surface area contributed by atoms with Gasteiger partial charge in [0.2, 0.25) is 0 Å². The molecular formula is C16H26N4O3. The van der Waals surface area contributed by atoms with Crippen LogP contribution in [-0.2, 0) is 9.53 Å². The predicted octanol–water partition coefficient (Wildman–Crippen LogP) is 1.14. The van der Waals surface area contributed by atoms with Crippen molar-refractivity contribution < 1.29 is 13.9 Å². The van der Waals surface area contributed by atoms with Gasteiger partial charge in [-0.2, -0.15) is 0 Å². The second-order valence-corrected chi connectivity index (χ2v) is 5.48. The summed E-state index contributed by atoms with van der Waals surface area (Å²) in [6, 6.07) is 4.12. The van der Waals surface area contributed by atoms with Gasteiger partial charge in [-0.15, -0.1) is 0 Å². The minimum absolute atomic E-state index is 0.187. The Morgan fingerprint density at radius 2 is 2.22 bits per heavy atom. The minimum atomic E-state index is -0.238. The summed E-state index contributed by atoms with van der Waals surface area (Å²) in [5.41, 5.74) is 0. The smallest absolute Gasteiger partial charge is 0.307 e. The molecule has 0 aromatic carbocycles. The van der Waals surface area contributed by atoms with Crippen molar-refractivity contribution in [1.29, 1.82) is 0 Å². The molecule has 1 fully saturated rings. The maximum Gasteiger partial charge on any atom is 0.307 e. The van der Waals surface area contributed by atoms with Gasteiger partial charge in [0.05, 0.1) is 25.8 Å². The standard InChI is InChI=1S/C16H26N4O3/c1-17-16(18-8-7-15(21)22-2)19-12-13(14-6-5-11-23-14)20-9-3-4-10-20/h5-6,11,13H,3-4,7-10,12H2,1-2H3,(H2,17,18,19). The highest BCUT2D eigenvalue weighted by molar-refractivity contribution is 5.80. The van der Waals surface area contributed by atoms with E-state index in [2.05, 4.69) is 25.3 Å². The molecule has 0 saturated carbocycles. The quantitative estimate of drug-likeness (QED) is 0.445. The summed E-state index contributed by atoms with van der Waals surface area (Å²) in [5.74, 6) is 1.40. The molecule has 1 aliphatic rings. The molecule has 7 heteroatoms. The summed E-state index contributed by atoms with van der Waals surface area (Å²) in [6.45, 7) is 3.36. The molecule has 1 aromatic heterocycles. The number of rotatable bonds is 7. The van der Waals surface area contributed by atoms with Crippen LogP contribution in [0.2, 0.25) is 0 Å². The van der Waals surface area contributed by atoms with Gasteiger partial charge >= 0.3 is 5.97 Å². The molecule has 2 N–H and O–H groups in total. The average molecular weight is 322 g/mol. The second-order valence-electron chi connectivity index (χ2n) is 5.48. The molecule has 0 spiro atoms. The van der Waals surface area contributed by atoms with Crippen molar-refractivity contribution in [3.63, 3.8) is 0 Å². The number of guanidine groups is 1. The Labute approximate surface area is 137 Å². The van der Waals surface area contributed by atoms with Gasteiger partial charge in [0, 0.05) is 20.1 Å². The van der Waals surface area contributed by atoms with Crippen molar-refractivity contribution >= 4 is 11.9 Å². The normalized spacial score (nSPS) is 17.0. The fourth-order valence-corrected chi connectivity index (χ4v) is 2.74. The molecule has 0 aliphatic carbocycles. The number of hydrogen-bond donors (Lipinski definition) is 2. The molecule has 1 atom stereocenters. The first-order valence-electron chi connectivity index (χ1n) is 8.03. The molecule has 1 unspecified atom stereocenters. The zero-order chi connectivity index (χ0) is 16.5. The van der Waals surface area contributed by atoms with Crippen molar-refractivity contribution in [2.75, 3.05) is 40.3 Å². The molecule has 1 aliphatic heterocycles. The van der Waals surface area contributed by atoms with Crippen LogP contribution in [0, 0.1) is 0 Å². The van der Waals surface area contributed by atoms with Crippen LogP contribution in [0.5, 0.6) is 0 Å². The van der Waals surface area contributed by atoms with Crippen molar-refractivity contribution in [2.24, 2.45) is 4.99 Å². The van der Waals surface area contributed by atoms with E-state index in [0.29, 0.717) is 25.5 Å². The molecule has 2 heterocycles. The molecular weight excluding hydrogens is 296 g/mol. The Morgan fingerprint density at radius 1 is 1.43 bits per heavy atom. The molecule has 2 rings (SSSR count). The van der Waals surface area contributed by atoms with Crippen LogP contribution < -0.4 is 10.6 Å². The van der Waals surface area contributed by atoms with Crippen molar-refractivity contribution in [3.05, 3.63) is 24.2 Å². The Bertz CT molecular complexity index is 495. The Kier molecular flexibility index (Phi) is 6.93. The summed E-state index contributed by atoms with van der Waals surface area (Å²) in [6.07, 6.45) is 4.47. The van der Waals surface area contributed by atoms with Crippen molar-refractivity contribution in [2.45, 2.75) is 25.3 Å². The van der Waals surface area contributed by atoms with Crippen LogP contribution in [-0.4, -0.2) is 57.2 Å². The molecule has 1 aromatic rings. The van der Waals surface area contributed by atoms with Gasteiger partial charge in [0.1, 0.15) is 5.76 Å². The number of likely N-dealkylation sites (tertiary alicyclic amines) is 1. The summed E-state index contributed by atoms with van der Waals surface area (Å²) in [5, 5.41) is 6.43. The highest BCUT2D eigenvalue weighted by atomic mass is 16.5. The second kappa shape index (κ2) is 9.19. The number of esters is 1. The number of aliphatic imine (C=N–C) groups is 1. The lowest BCUT2D eigenvalue weighted by molar-refractivity contribution is -0.140. The average Bonchev–Trinajstić information content (AvgIpc) is 3.27. The third-order valence-corrected chi connectivity index (χ3v) is 3.99. The van der Waals surface area contributed by atoms with E-state index in [4.69, 9.17) is 4.42 Å². The maximum atomic E-state index is 11.1. The van der Waals surface area contributed by atoms with Crippen LogP contribution >= 0.6 is 0 Å². The number of nitrogens with zero attached hydrogens (tertiary/aromatic N) is 2. The van der Waals surface area contributed by atoms with Gasteiger partial charge < -0.3 is 19.8 Å². The number of ether oxygens (including phenoxy) is 1. The van der Waals surface area contributed by atoms with Crippen LogP contribution in [0.3, 0.4) is 0 Å². The molecule has 1 saturated heterocycles. The number of methoxy groups -OCH3 is 1. The van der Waals surface area contributed by atoms with Gasteiger partial charge in [-0.25, -0.2) is 0 Å². The van der Waals surface area contributed by atoms with Crippen molar-refractivity contribution in [3.8, 4) is 0 Å². The van der Waals surface area contributed by atoms with Crippen LogP contribution in [0.4, 0.5) is 0 Å². The van der Waals surface area contributed by atoms with E-state index >= 15 is 0 Å². The summed E-state index contributed by atoms with van der Waals surface area (Å²) in [7, 11) is 3.10. The first-order valence-corrected chi connectivity index (χ1v) is 8.03. The summed E-state index contributed by atoms with van der Waals surface area (Å²) in [4.78, 5) is 17.7. The van der Waals surface area contributed by atoms with E-state index in [9.17, 15) is 4.79 Å². The van der Waals surface area contributed by atoms with Crippen molar-refractivity contribution in [1.82, 2.24) is 15.5 Å². The molecule has 7 nitrogen and oxygen atoms in total. The van der Waals surface area contributed by atoms with Gasteiger partial charge in [0.15, 0.2) is 5.96 Å². The van der Waals surface area contributed by atoms with E-state index in [1.165, 1.54) is 20.0 Å². The highest BCUT2D eigenvalue weighted by Gasteiger charge is 2.25. The summed E-state index contributed by atoms with van der Waals surface area (Å²) >= 11 is 0. The lowest BCUT2D eigenvalue weighted by atomic mass is 10.2. The Hall–Kier alpha value is -2.02. The van der Waals surface area contributed by atoms with Gasteiger partial charge in [-0.3, -0.25) is 14.7 Å². The topological polar surface area (TPSA) is 79.1 Å². The molecule has 0 amide bonds. The molecule has 0 radical (unpaired) electrons. The zero-order valence-corrected chi connectivity index (χ0v) is 13.9. The van der Waals surface area contributed by atoms with Crippen LogP contribution in [0.25, 0.3) is 0 Å². The van der Waals surface area contributed by atoms with Crippen LogP contribution in [0.1, 0.15) is 31.1 Å². The number of hydrogen-bond acceptors (Lipinski definition) is 5. The number of carbonyl (C=O) groups excluding carboxylic acids is 1. The Balaban J connectivity index is 1.85. The van der Waals surface area contributed by atoms with E-state index < -0.39 is 0 Å². The third kappa shape index (κ3) is 5.28. The van der Waals surface area contributed by atoms with Crippen LogP contribution in [0.15, 0.2) is 27.8 Å².